The van der Waals surface area contributed by atoms with E-state index in [0.717, 1.165) is 12.3 Å². The van der Waals surface area contributed by atoms with Crippen LogP contribution in [0.1, 0.15) is 32.3 Å². The van der Waals surface area contributed by atoms with Gasteiger partial charge in [0.25, 0.3) is 0 Å². The number of nitrogens with zero attached hydrogens (tertiary/aromatic N) is 2. The van der Waals surface area contributed by atoms with Crippen LogP contribution >= 0.6 is 0 Å². The molecule has 1 heterocycles. The third-order valence-electron chi connectivity index (χ3n) is 3.69. The summed E-state index contributed by atoms with van der Waals surface area (Å²) in [5.41, 5.74) is 0.983. The molecular formula is C15H20N2O. The molecule has 1 fully saturated rings. The van der Waals surface area contributed by atoms with Crippen LogP contribution in [0, 0.1) is 11.3 Å². The van der Waals surface area contributed by atoms with Gasteiger partial charge in [-0.3, -0.25) is 4.90 Å². The highest BCUT2D eigenvalue weighted by Gasteiger charge is 2.31. The zero-order valence-electron chi connectivity index (χ0n) is 11.1. The topological polar surface area (TPSA) is 36.3 Å². The van der Waals surface area contributed by atoms with Crippen molar-refractivity contribution in [1.29, 1.82) is 5.26 Å². The molecule has 96 valence electrons. The Morgan fingerprint density at radius 3 is 2.61 bits per heavy atom. The molecule has 2 rings (SSSR count). The predicted octanol–water partition coefficient (Wildman–Crippen LogP) is 2.81. The third-order valence-corrected chi connectivity index (χ3v) is 3.69. The molecule has 1 aromatic carbocycles. The Morgan fingerprint density at radius 1 is 1.33 bits per heavy atom. The first-order chi connectivity index (χ1) is 8.62. The molecule has 0 saturated carbocycles. The summed E-state index contributed by atoms with van der Waals surface area (Å²) in [4.78, 5) is 2.48. The van der Waals surface area contributed by atoms with E-state index in [2.05, 4.69) is 24.8 Å². The van der Waals surface area contributed by atoms with E-state index in [9.17, 15) is 0 Å². The van der Waals surface area contributed by atoms with Crippen molar-refractivity contribution in [3.05, 3.63) is 29.8 Å². The zero-order valence-corrected chi connectivity index (χ0v) is 11.1. The second-order valence-electron chi connectivity index (χ2n) is 5.39. The van der Waals surface area contributed by atoms with Crippen molar-refractivity contribution in [2.75, 3.05) is 19.7 Å². The quantitative estimate of drug-likeness (QED) is 0.817. The molecule has 0 spiro atoms. The van der Waals surface area contributed by atoms with E-state index in [-0.39, 0.29) is 0 Å². The standard InChI is InChI=1S/C15H20N2O/c1-15(2)8-3-9-17(15)10-11-18-14-6-4-13(12-16)5-7-14/h4-7H,3,8-11H2,1-2H3. The molecule has 0 aromatic heterocycles. The summed E-state index contributed by atoms with van der Waals surface area (Å²) in [6, 6.07) is 9.39. The number of nitriles is 1. The molecule has 0 radical (unpaired) electrons. The average Bonchev–Trinajstić information content (AvgIpc) is 2.70. The van der Waals surface area contributed by atoms with E-state index in [0.29, 0.717) is 17.7 Å². The monoisotopic (exact) mass is 244 g/mol. The van der Waals surface area contributed by atoms with Gasteiger partial charge in [-0.1, -0.05) is 0 Å². The second-order valence-corrected chi connectivity index (χ2v) is 5.39. The van der Waals surface area contributed by atoms with E-state index >= 15 is 0 Å². The van der Waals surface area contributed by atoms with Gasteiger partial charge in [-0.25, -0.2) is 0 Å². The summed E-state index contributed by atoms with van der Waals surface area (Å²) in [6.45, 7) is 7.43. The van der Waals surface area contributed by atoms with Crippen LogP contribution in [-0.2, 0) is 0 Å². The predicted molar refractivity (Wildman–Crippen MR) is 71.5 cm³/mol. The molecule has 0 aliphatic carbocycles. The Labute approximate surface area is 109 Å². The molecule has 1 aromatic rings. The van der Waals surface area contributed by atoms with E-state index < -0.39 is 0 Å². The number of hydrogen-bond acceptors (Lipinski definition) is 3. The molecule has 3 nitrogen and oxygen atoms in total. The molecular weight excluding hydrogens is 224 g/mol. The van der Waals surface area contributed by atoms with Gasteiger partial charge < -0.3 is 4.74 Å². The van der Waals surface area contributed by atoms with Gasteiger partial charge in [0, 0.05) is 12.1 Å². The van der Waals surface area contributed by atoms with Gasteiger partial charge in [-0.2, -0.15) is 5.26 Å². The van der Waals surface area contributed by atoms with E-state index in [1.165, 1.54) is 19.4 Å². The average molecular weight is 244 g/mol. The highest BCUT2D eigenvalue weighted by atomic mass is 16.5. The third kappa shape index (κ3) is 3.02. The normalized spacial score (nSPS) is 18.5. The first-order valence-electron chi connectivity index (χ1n) is 6.50. The number of benzene rings is 1. The zero-order chi connectivity index (χ0) is 13.0. The van der Waals surface area contributed by atoms with Gasteiger partial charge in [0.2, 0.25) is 0 Å². The van der Waals surface area contributed by atoms with Crippen molar-refractivity contribution < 1.29 is 4.74 Å². The lowest BCUT2D eigenvalue weighted by atomic mass is 10.0. The maximum absolute atomic E-state index is 8.71. The number of rotatable bonds is 4. The maximum Gasteiger partial charge on any atom is 0.119 e. The fourth-order valence-electron chi connectivity index (χ4n) is 2.48. The summed E-state index contributed by atoms with van der Waals surface area (Å²) in [7, 11) is 0. The molecule has 0 amide bonds. The molecule has 0 unspecified atom stereocenters. The van der Waals surface area contributed by atoms with Gasteiger partial charge in [0.05, 0.1) is 11.6 Å². The second kappa shape index (κ2) is 5.41. The molecule has 1 aliphatic rings. The Morgan fingerprint density at radius 2 is 2.06 bits per heavy atom. The Hall–Kier alpha value is -1.53. The van der Waals surface area contributed by atoms with Crippen LogP contribution in [0.4, 0.5) is 0 Å². The summed E-state index contributed by atoms with van der Waals surface area (Å²) < 4.78 is 5.71. The Kier molecular flexibility index (Phi) is 3.88. The summed E-state index contributed by atoms with van der Waals surface area (Å²) in [6.07, 6.45) is 2.55. The van der Waals surface area contributed by atoms with Crippen LogP contribution in [0.15, 0.2) is 24.3 Å². The van der Waals surface area contributed by atoms with Crippen molar-refractivity contribution >= 4 is 0 Å². The van der Waals surface area contributed by atoms with Crippen LogP contribution in [0.25, 0.3) is 0 Å². The fraction of sp³-hybridized carbons (Fsp3) is 0.533. The number of likely N-dealkylation sites (tertiary alicyclic amines) is 1. The van der Waals surface area contributed by atoms with Gasteiger partial charge in [0.1, 0.15) is 12.4 Å². The van der Waals surface area contributed by atoms with Crippen molar-refractivity contribution in [3.8, 4) is 11.8 Å². The SMILES string of the molecule is CC1(C)CCCN1CCOc1ccc(C#N)cc1. The lowest BCUT2D eigenvalue weighted by molar-refractivity contribution is 0.143. The molecule has 1 saturated heterocycles. The van der Waals surface area contributed by atoms with Gasteiger partial charge in [-0.15, -0.1) is 0 Å². The molecule has 1 aliphatic heterocycles. The van der Waals surface area contributed by atoms with Crippen molar-refractivity contribution in [3.63, 3.8) is 0 Å². The minimum absolute atomic E-state index is 0.314. The van der Waals surface area contributed by atoms with Crippen LogP contribution < -0.4 is 4.74 Å². The Balaban J connectivity index is 1.80. The number of hydrogen-bond donors (Lipinski definition) is 0. The fourth-order valence-corrected chi connectivity index (χ4v) is 2.48. The van der Waals surface area contributed by atoms with E-state index in [1.807, 2.05) is 12.1 Å². The smallest absolute Gasteiger partial charge is 0.119 e. The molecule has 3 heteroatoms. The molecule has 18 heavy (non-hydrogen) atoms. The van der Waals surface area contributed by atoms with E-state index in [4.69, 9.17) is 10.00 Å². The van der Waals surface area contributed by atoms with Crippen LogP contribution in [0.2, 0.25) is 0 Å². The summed E-state index contributed by atoms with van der Waals surface area (Å²) in [5, 5.41) is 8.71. The highest BCUT2D eigenvalue weighted by Crippen LogP contribution is 2.27. The first-order valence-corrected chi connectivity index (χ1v) is 6.50. The van der Waals surface area contributed by atoms with Crippen LogP contribution in [0.3, 0.4) is 0 Å². The van der Waals surface area contributed by atoms with Gasteiger partial charge in [-0.05, 0) is 57.5 Å². The summed E-state index contributed by atoms with van der Waals surface area (Å²) in [5.74, 6) is 0.839. The Bertz CT molecular complexity index is 431. The van der Waals surface area contributed by atoms with Crippen molar-refractivity contribution in [1.82, 2.24) is 4.90 Å². The van der Waals surface area contributed by atoms with Crippen LogP contribution in [-0.4, -0.2) is 30.1 Å². The van der Waals surface area contributed by atoms with E-state index in [1.54, 1.807) is 12.1 Å². The highest BCUT2D eigenvalue weighted by molar-refractivity contribution is 5.34. The first kappa shape index (κ1) is 12.9. The largest absolute Gasteiger partial charge is 0.492 e. The molecule has 0 N–H and O–H groups in total. The van der Waals surface area contributed by atoms with Gasteiger partial charge >= 0.3 is 0 Å². The molecule has 0 atom stereocenters. The lowest BCUT2D eigenvalue weighted by Gasteiger charge is -2.31. The van der Waals surface area contributed by atoms with Crippen LogP contribution in [0.5, 0.6) is 5.75 Å². The molecule has 0 bridgehead atoms. The van der Waals surface area contributed by atoms with Crippen molar-refractivity contribution in [2.45, 2.75) is 32.2 Å². The van der Waals surface area contributed by atoms with Gasteiger partial charge in [0.15, 0.2) is 0 Å². The van der Waals surface area contributed by atoms with Crippen molar-refractivity contribution in [2.24, 2.45) is 0 Å². The maximum atomic E-state index is 8.71. The number of ether oxygens (including phenoxy) is 1. The minimum Gasteiger partial charge on any atom is -0.492 e. The lowest BCUT2D eigenvalue weighted by Crippen LogP contribution is -2.40. The minimum atomic E-state index is 0.314. The summed E-state index contributed by atoms with van der Waals surface area (Å²) >= 11 is 0.